The van der Waals surface area contributed by atoms with Crippen molar-refractivity contribution < 1.29 is 0 Å². The van der Waals surface area contributed by atoms with Gasteiger partial charge in [0.25, 0.3) is 0 Å². The van der Waals surface area contributed by atoms with Crippen LogP contribution in [0.25, 0.3) is 0 Å². The monoisotopic (exact) mass is 199 g/mol. The molecule has 0 aliphatic heterocycles. The Morgan fingerprint density at radius 3 is 2.38 bits per heavy atom. The average Bonchev–Trinajstić information content (AvgIpc) is 2.32. The first kappa shape index (κ1) is 10.5. The first-order chi connectivity index (χ1) is 6.02. The summed E-state index contributed by atoms with van der Waals surface area (Å²) in [6.45, 7) is 5.12. The van der Waals surface area contributed by atoms with E-state index in [4.69, 9.17) is 12.2 Å². The van der Waals surface area contributed by atoms with E-state index >= 15 is 0 Å². The molecule has 0 spiro atoms. The van der Waals surface area contributed by atoms with Crippen molar-refractivity contribution in [1.29, 1.82) is 0 Å². The van der Waals surface area contributed by atoms with Crippen LogP contribution in [0.4, 0.5) is 0 Å². The third-order valence-corrected chi connectivity index (χ3v) is 2.31. The summed E-state index contributed by atoms with van der Waals surface area (Å²) in [6.07, 6.45) is 4.07. The molecule has 0 amide bonds. The summed E-state index contributed by atoms with van der Waals surface area (Å²) in [5, 5.41) is 0. The fourth-order valence-corrected chi connectivity index (χ4v) is 1.62. The molecule has 0 atom stereocenters. The van der Waals surface area contributed by atoms with Crippen molar-refractivity contribution in [2.75, 3.05) is 14.1 Å². The van der Waals surface area contributed by atoms with Crippen LogP contribution in [0.5, 0.6) is 0 Å². The van der Waals surface area contributed by atoms with Crippen LogP contribution in [-0.4, -0.2) is 28.1 Å². The number of hydrogen-bond donors (Lipinski definition) is 0. The SMILES string of the molecule is CC(C)n1ccn(CN(C)C)c1=S. The Kier molecular flexibility index (Phi) is 3.27. The zero-order chi connectivity index (χ0) is 10.0. The molecule has 0 N–H and O–H groups in total. The lowest BCUT2D eigenvalue weighted by Crippen LogP contribution is -2.16. The minimum absolute atomic E-state index is 0.441. The van der Waals surface area contributed by atoms with Gasteiger partial charge in [0.2, 0.25) is 0 Å². The van der Waals surface area contributed by atoms with Crippen molar-refractivity contribution in [1.82, 2.24) is 14.0 Å². The quantitative estimate of drug-likeness (QED) is 0.692. The minimum atomic E-state index is 0.441. The van der Waals surface area contributed by atoms with E-state index in [0.29, 0.717) is 6.04 Å². The number of rotatable bonds is 3. The van der Waals surface area contributed by atoms with E-state index in [0.717, 1.165) is 11.4 Å². The lowest BCUT2D eigenvalue weighted by Gasteiger charge is -2.11. The van der Waals surface area contributed by atoms with Crippen LogP contribution >= 0.6 is 12.2 Å². The third kappa shape index (κ3) is 2.42. The van der Waals surface area contributed by atoms with Gasteiger partial charge in [-0.15, -0.1) is 0 Å². The molecule has 13 heavy (non-hydrogen) atoms. The minimum Gasteiger partial charge on any atom is -0.321 e. The van der Waals surface area contributed by atoms with Crippen LogP contribution in [0.15, 0.2) is 12.4 Å². The Hall–Kier alpha value is -0.610. The standard InChI is InChI=1S/C9H17N3S/c1-8(2)12-6-5-11(9(12)13)7-10(3)4/h5-6,8H,7H2,1-4H3. The van der Waals surface area contributed by atoms with Gasteiger partial charge in [0.15, 0.2) is 4.77 Å². The van der Waals surface area contributed by atoms with Gasteiger partial charge < -0.3 is 9.13 Å². The maximum Gasteiger partial charge on any atom is 0.181 e. The molecule has 4 heteroatoms. The second-order valence-electron chi connectivity index (χ2n) is 3.77. The lowest BCUT2D eigenvalue weighted by molar-refractivity contribution is 0.321. The molecule has 0 aliphatic carbocycles. The smallest absolute Gasteiger partial charge is 0.181 e. The highest BCUT2D eigenvalue weighted by Crippen LogP contribution is 2.07. The molecule has 3 nitrogen and oxygen atoms in total. The summed E-state index contributed by atoms with van der Waals surface area (Å²) in [7, 11) is 4.07. The Morgan fingerprint density at radius 1 is 1.38 bits per heavy atom. The molecule has 0 unspecified atom stereocenters. The lowest BCUT2D eigenvalue weighted by atomic mass is 10.4. The van der Waals surface area contributed by atoms with Crippen molar-refractivity contribution >= 4 is 12.2 Å². The highest BCUT2D eigenvalue weighted by Gasteiger charge is 2.02. The van der Waals surface area contributed by atoms with E-state index in [2.05, 4.69) is 27.9 Å². The fraction of sp³-hybridized carbons (Fsp3) is 0.667. The van der Waals surface area contributed by atoms with Gasteiger partial charge in [-0.25, -0.2) is 0 Å². The molecule has 0 bridgehead atoms. The van der Waals surface area contributed by atoms with Crippen LogP contribution in [0.2, 0.25) is 0 Å². The molecular formula is C9H17N3S. The van der Waals surface area contributed by atoms with Crippen LogP contribution < -0.4 is 0 Å². The summed E-state index contributed by atoms with van der Waals surface area (Å²) in [5.74, 6) is 0. The molecule has 1 aromatic rings. The van der Waals surface area contributed by atoms with E-state index in [9.17, 15) is 0 Å². The predicted octanol–water partition coefficient (Wildman–Crippen LogP) is 2.12. The van der Waals surface area contributed by atoms with Gasteiger partial charge in [-0.05, 0) is 40.2 Å². The normalized spacial score (nSPS) is 11.5. The van der Waals surface area contributed by atoms with Gasteiger partial charge in [0, 0.05) is 18.4 Å². The second-order valence-corrected chi connectivity index (χ2v) is 4.14. The first-order valence-electron chi connectivity index (χ1n) is 4.44. The molecule has 0 saturated carbocycles. The van der Waals surface area contributed by atoms with Crippen molar-refractivity contribution in [3.05, 3.63) is 17.2 Å². The Balaban J connectivity index is 2.94. The van der Waals surface area contributed by atoms with Gasteiger partial charge >= 0.3 is 0 Å². The van der Waals surface area contributed by atoms with E-state index in [1.54, 1.807) is 0 Å². The average molecular weight is 199 g/mol. The first-order valence-corrected chi connectivity index (χ1v) is 4.85. The van der Waals surface area contributed by atoms with E-state index in [1.807, 2.05) is 26.5 Å². The summed E-state index contributed by atoms with van der Waals surface area (Å²) < 4.78 is 5.05. The zero-order valence-corrected chi connectivity index (χ0v) is 9.51. The highest BCUT2D eigenvalue weighted by molar-refractivity contribution is 7.71. The van der Waals surface area contributed by atoms with Gasteiger partial charge in [0.1, 0.15) is 0 Å². The second kappa shape index (κ2) is 4.07. The van der Waals surface area contributed by atoms with Crippen molar-refractivity contribution in [2.24, 2.45) is 0 Å². The molecule has 0 aliphatic rings. The number of nitrogens with zero attached hydrogens (tertiary/aromatic N) is 3. The maximum atomic E-state index is 5.32. The summed E-state index contributed by atoms with van der Waals surface area (Å²) in [5.41, 5.74) is 0. The van der Waals surface area contributed by atoms with Crippen LogP contribution in [-0.2, 0) is 6.67 Å². The Morgan fingerprint density at radius 2 is 2.00 bits per heavy atom. The third-order valence-electron chi connectivity index (χ3n) is 1.87. The predicted molar refractivity (Wildman–Crippen MR) is 57.3 cm³/mol. The van der Waals surface area contributed by atoms with E-state index in [1.165, 1.54) is 0 Å². The van der Waals surface area contributed by atoms with E-state index in [-0.39, 0.29) is 0 Å². The van der Waals surface area contributed by atoms with Crippen molar-refractivity contribution in [3.8, 4) is 0 Å². The van der Waals surface area contributed by atoms with Crippen LogP contribution in [0.3, 0.4) is 0 Å². The van der Waals surface area contributed by atoms with E-state index < -0.39 is 0 Å². The zero-order valence-electron chi connectivity index (χ0n) is 8.69. The molecule has 0 saturated heterocycles. The van der Waals surface area contributed by atoms with Gasteiger partial charge in [0.05, 0.1) is 6.67 Å². The van der Waals surface area contributed by atoms with Crippen LogP contribution in [0, 0.1) is 4.77 Å². The number of aromatic nitrogens is 2. The van der Waals surface area contributed by atoms with Crippen molar-refractivity contribution in [3.63, 3.8) is 0 Å². The number of hydrogen-bond acceptors (Lipinski definition) is 2. The molecule has 74 valence electrons. The molecular weight excluding hydrogens is 182 g/mol. The molecule has 1 heterocycles. The fourth-order valence-electron chi connectivity index (χ4n) is 1.23. The number of imidazole rings is 1. The molecule has 0 aromatic carbocycles. The molecule has 0 fully saturated rings. The molecule has 1 rings (SSSR count). The highest BCUT2D eigenvalue weighted by atomic mass is 32.1. The van der Waals surface area contributed by atoms with Gasteiger partial charge in [-0.2, -0.15) is 0 Å². The Bertz CT molecular complexity index is 322. The van der Waals surface area contributed by atoms with Gasteiger partial charge in [-0.3, -0.25) is 4.90 Å². The maximum absolute atomic E-state index is 5.32. The molecule has 1 aromatic heterocycles. The van der Waals surface area contributed by atoms with Crippen molar-refractivity contribution in [2.45, 2.75) is 26.6 Å². The molecule has 0 radical (unpaired) electrons. The topological polar surface area (TPSA) is 13.1 Å². The van der Waals surface area contributed by atoms with Crippen LogP contribution in [0.1, 0.15) is 19.9 Å². The summed E-state index contributed by atoms with van der Waals surface area (Å²) in [6, 6.07) is 0.441. The Labute approximate surface area is 84.6 Å². The van der Waals surface area contributed by atoms with Gasteiger partial charge in [-0.1, -0.05) is 0 Å². The summed E-state index contributed by atoms with van der Waals surface area (Å²) in [4.78, 5) is 2.10. The largest absolute Gasteiger partial charge is 0.321 e. The summed E-state index contributed by atoms with van der Waals surface area (Å²) >= 11 is 5.32.